The molecule has 10 rings (SSSR count). The maximum Gasteiger partial charge on any atom is 0.174 e. The van der Waals surface area contributed by atoms with Crippen LogP contribution in [-0.4, -0.2) is 28.4 Å². The van der Waals surface area contributed by atoms with Gasteiger partial charge in [0.05, 0.1) is 32.3 Å². The quantitative estimate of drug-likeness (QED) is 0.0270. The molecule has 2 aromatic carbocycles. The van der Waals surface area contributed by atoms with Crippen molar-refractivity contribution < 1.29 is 14.2 Å². The van der Waals surface area contributed by atoms with E-state index in [1.165, 1.54) is 376 Å². The zero-order valence-electron chi connectivity index (χ0n) is 72.2. The third kappa shape index (κ3) is 24.8. The van der Waals surface area contributed by atoms with E-state index in [1.54, 1.807) is 0 Å². The number of hydrogen-bond acceptors (Lipinski definition) is 14. The van der Waals surface area contributed by atoms with Gasteiger partial charge in [-0.2, -0.15) is 24.5 Å². The van der Waals surface area contributed by atoms with Crippen LogP contribution < -0.4 is 14.4 Å². The van der Waals surface area contributed by atoms with Crippen LogP contribution in [0.25, 0.3) is 67.2 Å². The Kier molecular flexibility index (Phi) is 38.6. The summed E-state index contributed by atoms with van der Waals surface area (Å²) >= 11 is 9.01. The van der Waals surface area contributed by atoms with Crippen LogP contribution in [0.5, 0.6) is 11.5 Å². The molecule has 0 spiro atoms. The van der Waals surface area contributed by atoms with Gasteiger partial charge in [0.25, 0.3) is 0 Å². The summed E-state index contributed by atoms with van der Waals surface area (Å²) in [7, 11) is 4.26. The van der Waals surface area contributed by atoms with Crippen LogP contribution in [0.2, 0.25) is 0 Å². The monoisotopic (exact) mass is 1640 g/mol. The number of unbranched alkanes of at least 4 members (excludes halogenated alkanes) is 48. The predicted molar refractivity (Wildman–Crippen MR) is 496 cm³/mol. The Morgan fingerprint density at radius 3 is 1.08 bits per heavy atom. The van der Waals surface area contributed by atoms with Gasteiger partial charge in [0.1, 0.15) is 51.6 Å². The molecule has 8 heterocycles. The Morgan fingerprint density at radius 2 is 0.746 bits per heavy atom. The molecular formula is C100H144N6O3S5. The van der Waals surface area contributed by atoms with Crippen molar-refractivity contribution in [2.45, 2.75) is 418 Å². The van der Waals surface area contributed by atoms with E-state index in [9.17, 15) is 15.8 Å². The van der Waals surface area contributed by atoms with Crippen molar-refractivity contribution in [3.8, 4) is 61.0 Å². The van der Waals surface area contributed by atoms with Crippen molar-refractivity contribution >= 4 is 98.7 Å². The van der Waals surface area contributed by atoms with Gasteiger partial charge in [-0.05, 0) is 101 Å². The molecule has 114 heavy (non-hydrogen) atoms. The first-order valence-corrected chi connectivity index (χ1v) is 50.6. The molecule has 14 heteroatoms. The van der Waals surface area contributed by atoms with Crippen molar-refractivity contribution in [3.05, 3.63) is 81.0 Å². The van der Waals surface area contributed by atoms with Crippen molar-refractivity contribution in [1.29, 1.82) is 15.8 Å². The van der Waals surface area contributed by atoms with Crippen molar-refractivity contribution in [2.75, 3.05) is 19.0 Å². The van der Waals surface area contributed by atoms with Gasteiger partial charge in [-0.15, -0.1) is 45.3 Å². The lowest BCUT2D eigenvalue weighted by Gasteiger charge is -2.44. The molecule has 622 valence electrons. The van der Waals surface area contributed by atoms with Crippen molar-refractivity contribution in [1.82, 2.24) is 8.75 Å². The number of nitrogens with zero attached hydrogens (tertiary/aromatic N) is 6. The number of nitriles is 3. The van der Waals surface area contributed by atoms with E-state index < -0.39 is 16.8 Å². The van der Waals surface area contributed by atoms with E-state index in [2.05, 4.69) is 95.2 Å². The highest BCUT2D eigenvalue weighted by atomic mass is 32.1. The summed E-state index contributed by atoms with van der Waals surface area (Å²) < 4.78 is 39.5. The fourth-order valence-corrected chi connectivity index (χ4v) is 24.7. The van der Waals surface area contributed by atoms with Gasteiger partial charge >= 0.3 is 0 Å². The zero-order valence-corrected chi connectivity index (χ0v) is 76.2. The van der Waals surface area contributed by atoms with E-state index in [-0.39, 0.29) is 16.9 Å². The number of thiophene rings is 4. The molecule has 5 aromatic heterocycles. The fraction of sp³-hybridized carbons (Fsp3) is 0.670. The molecular weight excluding hydrogens is 1490 g/mol. The minimum atomic E-state index is -0.927. The Labute approximate surface area is 710 Å². The maximum absolute atomic E-state index is 10.6. The van der Waals surface area contributed by atoms with Gasteiger partial charge in [-0.25, -0.2) is 0 Å². The summed E-state index contributed by atoms with van der Waals surface area (Å²) in [6, 6.07) is 20.3. The second-order valence-electron chi connectivity index (χ2n) is 35.0. The summed E-state index contributed by atoms with van der Waals surface area (Å²) in [5.41, 5.74) is 7.73. The van der Waals surface area contributed by atoms with E-state index in [4.69, 9.17) is 23.0 Å². The average molecular weight is 1640 g/mol. The SMILES string of the molecule is CCCCCCCCCCCCCCCC1(CCCCCCCCCCCCCCC)Oc2c3c(c4nsnc4c2-c2sc4cc(/C=C/C5=C(C#N)C(=C(C#N)C#N)OC5(C)C)sc4c21)-c1sc2cc(-c4ccc(N(C)C)cc4)sc2c1C(CCCCCCCCCCCCCCC)(CCCCCCCCCCCCCCC)O3. The molecule has 3 aliphatic heterocycles. The molecule has 0 saturated heterocycles. The van der Waals surface area contributed by atoms with E-state index >= 15 is 0 Å². The molecule has 7 aromatic rings. The Balaban J connectivity index is 1.06. The average Bonchev–Trinajstić information content (AvgIpc) is 1.46. The van der Waals surface area contributed by atoms with Gasteiger partial charge < -0.3 is 19.1 Å². The molecule has 0 unspecified atom stereocenters. The number of hydrogen-bond donors (Lipinski definition) is 0. The summed E-state index contributed by atoms with van der Waals surface area (Å²) in [6.07, 6.45) is 76.0. The highest BCUT2D eigenvalue weighted by molar-refractivity contribution is 7.32. The molecule has 0 bridgehead atoms. The topological polar surface area (TPSA) is 128 Å². The fourth-order valence-electron chi connectivity index (χ4n) is 18.5. The molecule has 0 atom stereocenters. The minimum absolute atomic E-state index is 0.0620. The second kappa shape index (κ2) is 48.5. The summed E-state index contributed by atoms with van der Waals surface area (Å²) in [4.78, 5) is 7.16. The Hall–Kier alpha value is -5.53. The van der Waals surface area contributed by atoms with Crippen LogP contribution in [0.15, 0.2) is 65.0 Å². The third-order valence-corrected chi connectivity index (χ3v) is 30.6. The number of benzene rings is 2. The summed E-state index contributed by atoms with van der Waals surface area (Å²) in [6.45, 7) is 13.1. The first-order chi connectivity index (χ1) is 55.9. The summed E-state index contributed by atoms with van der Waals surface area (Å²) in [5.74, 6) is 1.87. The smallest absolute Gasteiger partial charge is 0.174 e. The molecule has 0 saturated carbocycles. The number of allylic oxidation sites excluding steroid dienone is 2. The van der Waals surface area contributed by atoms with Crippen LogP contribution in [0.4, 0.5) is 5.69 Å². The molecule has 0 N–H and O–H groups in total. The van der Waals surface area contributed by atoms with Crippen LogP contribution in [-0.2, 0) is 15.9 Å². The lowest BCUT2D eigenvalue weighted by Crippen LogP contribution is -2.39. The van der Waals surface area contributed by atoms with E-state index in [1.807, 2.05) is 77.4 Å². The van der Waals surface area contributed by atoms with Gasteiger partial charge in [0.15, 0.2) is 22.8 Å². The Bertz CT molecular complexity index is 4190. The Morgan fingerprint density at radius 1 is 0.412 bits per heavy atom. The standard InChI is InChI=1S/C100H144N6O3S5/c1-9-13-17-21-25-29-33-37-41-45-49-53-57-67-99(68-58-54-50-46-42-38-34-30-26-22-18-14-10-2)87-94-83(71-79(110-94)65-66-81-80(75-103)91(77(73-101)74-102)107-98(81,5)6)112-96(87)85-89-90(105-114-104-89)86-93(92(85)108-99)109-100(69-59-55-51-47-43-39-35-31-27-23-19-15-11-3,70-60-56-52-48-44-40-36-32-28-24-20-16-12-4)88-95-84(113-97(86)88)72-82(111-95)76-61-63-78(64-62-76)106(7)8/h61-66,71-72H,9-60,67-70H2,1-8H3/b66-65+. The van der Waals surface area contributed by atoms with Gasteiger partial charge in [0, 0.05) is 65.4 Å². The van der Waals surface area contributed by atoms with Crippen LogP contribution in [0, 0.1) is 34.0 Å². The number of aromatic nitrogens is 2. The molecule has 0 radical (unpaired) electrons. The van der Waals surface area contributed by atoms with Crippen LogP contribution in [0.1, 0.15) is 417 Å². The van der Waals surface area contributed by atoms with Crippen molar-refractivity contribution in [2.24, 2.45) is 0 Å². The minimum Gasteiger partial charge on any atom is -0.480 e. The molecule has 0 fully saturated rings. The predicted octanol–water partition coefficient (Wildman–Crippen LogP) is 34.4. The molecule has 0 amide bonds. The van der Waals surface area contributed by atoms with Crippen molar-refractivity contribution in [3.63, 3.8) is 0 Å². The maximum atomic E-state index is 10.6. The number of rotatable bonds is 60. The lowest BCUT2D eigenvalue weighted by atomic mass is 9.78. The third-order valence-electron chi connectivity index (χ3n) is 25.2. The first-order valence-electron chi connectivity index (χ1n) is 46.6. The van der Waals surface area contributed by atoms with Gasteiger partial charge in [-0.1, -0.05) is 354 Å². The zero-order chi connectivity index (χ0) is 80.2. The molecule has 9 nitrogen and oxygen atoms in total. The van der Waals surface area contributed by atoms with Gasteiger partial charge in [-0.3, -0.25) is 0 Å². The van der Waals surface area contributed by atoms with Crippen LogP contribution >= 0.6 is 57.1 Å². The summed E-state index contributed by atoms with van der Waals surface area (Å²) in [5, 5.41) is 30.6. The molecule has 0 aliphatic carbocycles. The highest BCUT2D eigenvalue weighted by Gasteiger charge is 2.52. The highest BCUT2D eigenvalue weighted by Crippen LogP contribution is 2.67. The number of fused-ring (bicyclic) bond motifs is 14. The van der Waals surface area contributed by atoms with Gasteiger partial charge in [0.2, 0.25) is 0 Å². The van der Waals surface area contributed by atoms with Crippen LogP contribution in [0.3, 0.4) is 0 Å². The second-order valence-corrected chi connectivity index (χ2v) is 39.8. The largest absolute Gasteiger partial charge is 0.480 e. The van der Waals surface area contributed by atoms with E-state index in [0.717, 1.165) is 89.9 Å². The normalized spacial score (nSPS) is 14.5. The number of anilines is 1. The molecule has 3 aliphatic rings. The number of ether oxygens (including phenoxy) is 3. The first kappa shape index (κ1) is 90.8. The lowest BCUT2D eigenvalue weighted by molar-refractivity contribution is 0.0134. The van der Waals surface area contributed by atoms with E-state index in [0.29, 0.717) is 5.57 Å².